The summed E-state index contributed by atoms with van der Waals surface area (Å²) in [5.74, 6) is 0.893. The van der Waals surface area contributed by atoms with Crippen LogP contribution in [0.2, 0.25) is 0 Å². The highest BCUT2D eigenvalue weighted by Gasteiger charge is 2.24. The summed E-state index contributed by atoms with van der Waals surface area (Å²) in [7, 11) is 0. The van der Waals surface area contributed by atoms with Gasteiger partial charge in [0.25, 0.3) is 0 Å². The molecule has 0 amide bonds. The number of rotatable bonds is 5. The van der Waals surface area contributed by atoms with Gasteiger partial charge in [-0.2, -0.15) is 0 Å². The normalized spacial score (nSPS) is 15.3. The van der Waals surface area contributed by atoms with Crippen LogP contribution in [-0.2, 0) is 0 Å². The first-order valence-corrected chi connectivity index (χ1v) is 5.75. The molecule has 0 aliphatic heterocycles. The topological polar surface area (TPSA) is 42.2 Å². The lowest BCUT2D eigenvalue weighted by molar-refractivity contribution is 0.708. The second-order valence-electron chi connectivity index (χ2n) is 4.32. The van der Waals surface area contributed by atoms with E-state index in [1.807, 2.05) is 12.3 Å². The zero-order valence-corrected chi connectivity index (χ0v) is 9.32. The molecule has 0 spiro atoms. The van der Waals surface area contributed by atoms with Crippen LogP contribution in [0.3, 0.4) is 0 Å². The molecule has 1 heterocycles. The second-order valence-corrected chi connectivity index (χ2v) is 4.32. The minimum absolute atomic E-state index is 0.798. The van der Waals surface area contributed by atoms with Gasteiger partial charge in [0.15, 0.2) is 0 Å². The number of nitrogen functional groups attached to an aromatic ring is 1. The first kappa shape index (κ1) is 10.3. The van der Waals surface area contributed by atoms with Crippen molar-refractivity contribution in [2.75, 3.05) is 23.7 Å². The van der Waals surface area contributed by atoms with Crippen molar-refractivity contribution in [1.82, 2.24) is 4.98 Å². The molecule has 0 atom stereocenters. The third kappa shape index (κ3) is 2.61. The maximum Gasteiger partial charge on any atom is 0.0738 e. The Labute approximate surface area is 91.3 Å². The molecule has 0 bridgehead atoms. The van der Waals surface area contributed by atoms with Gasteiger partial charge in [-0.3, -0.25) is 4.98 Å². The lowest BCUT2D eigenvalue weighted by Crippen LogP contribution is -2.27. The van der Waals surface area contributed by atoms with E-state index in [2.05, 4.69) is 16.8 Å². The molecular weight excluding hydrogens is 186 g/mol. The van der Waals surface area contributed by atoms with E-state index in [0.29, 0.717) is 0 Å². The van der Waals surface area contributed by atoms with E-state index in [1.165, 1.54) is 12.8 Å². The van der Waals surface area contributed by atoms with Crippen molar-refractivity contribution in [2.45, 2.75) is 26.2 Å². The molecule has 0 radical (unpaired) electrons. The fourth-order valence-electron chi connectivity index (χ4n) is 1.88. The van der Waals surface area contributed by atoms with Crippen LogP contribution in [0.1, 0.15) is 26.2 Å². The largest absolute Gasteiger partial charge is 0.396 e. The molecule has 1 aliphatic rings. The Balaban J connectivity index is 2.11. The predicted molar refractivity (Wildman–Crippen MR) is 63.9 cm³/mol. The average Bonchev–Trinajstić information content (AvgIpc) is 3.02. The van der Waals surface area contributed by atoms with Crippen molar-refractivity contribution in [3.8, 4) is 0 Å². The third-order valence-corrected chi connectivity index (χ3v) is 2.84. The summed E-state index contributed by atoms with van der Waals surface area (Å²) in [6.45, 7) is 4.45. The standard InChI is InChI=1S/C12H19N3/c1-2-7-15(9-10-3-4-10)12-5-6-14-8-11(12)13/h5-6,8,10H,2-4,7,9,13H2,1H3. The molecule has 3 heteroatoms. The maximum atomic E-state index is 5.94. The Bertz CT molecular complexity index is 320. The zero-order valence-electron chi connectivity index (χ0n) is 9.32. The highest BCUT2D eigenvalue weighted by atomic mass is 15.1. The molecule has 0 unspecified atom stereocenters. The van der Waals surface area contributed by atoms with Crippen LogP contribution < -0.4 is 10.6 Å². The number of hydrogen-bond donors (Lipinski definition) is 1. The molecule has 1 aliphatic carbocycles. The van der Waals surface area contributed by atoms with Crippen molar-refractivity contribution in [1.29, 1.82) is 0 Å². The first-order chi connectivity index (χ1) is 7.31. The summed E-state index contributed by atoms with van der Waals surface area (Å²) >= 11 is 0. The first-order valence-electron chi connectivity index (χ1n) is 5.75. The third-order valence-electron chi connectivity index (χ3n) is 2.84. The Morgan fingerprint density at radius 2 is 2.33 bits per heavy atom. The smallest absolute Gasteiger partial charge is 0.0738 e. The Morgan fingerprint density at radius 1 is 1.53 bits per heavy atom. The lowest BCUT2D eigenvalue weighted by Gasteiger charge is -2.25. The van der Waals surface area contributed by atoms with Gasteiger partial charge in [-0.25, -0.2) is 0 Å². The maximum absolute atomic E-state index is 5.94. The zero-order chi connectivity index (χ0) is 10.7. The SMILES string of the molecule is CCCN(CC1CC1)c1ccncc1N. The van der Waals surface area contributed by atoms with Crippen LogP contribution in [0.15, 0.2) is 18.5 Å². The molecule has 0 aromatic carbocycles. The fourth-order valence-corrected chi connectivity index (χ4v) is 1.88. The molecule has 1 aromatic rings. The summed E-state index contributed by atoms with van der Waals surface area (Å²) in [6.07, 6.45) is 7.48. The van der Waals surface area contributed by atoms with Gasteiger partial charge in [-0.05, 0) is 31.2 Å². The number of anilines is 2. The molecule has 1 aromatic heterocycles. The van der Waals surface area contributed by atoms with E-state index in [9.17, 15) is 0 Å². The number of pyridine rings is 1. The van der Waals surface area contributed by atoms with E-state index in [1.54, 1.807) is 6.20 Å². The minimum Gasteiger partial charge on any atom is -0.396 e. The molecule has 1 saturated carbocycles. The van der Waals surface area contributed by atoms with Crippen LogP contribution in [0, 0.1) is 5.92 Å². The average molecular weight is 205 g/mol. The summed E-state index contributed by atoms with van der Waals surface area (Å²) < 4.78 is 0. The van der Waals surface area contributed by atoms with Gasteiger partial charge in [-0.15, -0.1) is 0 Å². The summed E-state index contributed by atoms with van der Waals surface area (Å²) in [6, 6.07) is 2.02. The van der Waals surface area contributed by atoms with E-state index in [4.69, 9.17) is 5.73 Å². The molecule has 2 rings (SSSR count). The van der Waals surface area contributed by atoms with Gasteiger partial charge in [0, 0.05) is 19.3 Å². The van der Waals surface area contributed by atoms with Gasteiger partial charge < -0.3 is 10.6 Å². The van der Waals surface area contributed by atoms with Crippen LogP contribution in [0.5, 0.6) is 0 Å². The Morgan fingerprint density at radius 3 is 2.93 bits per heavy atom. The van der Waals surface area contributed by atoms with E-state index in [0.717, 1.165) is 36.8 Å². The molecular formula is C12H19N3. The van der Waals surface area contributed by atoms with Crippen molar-refractivity contribution < 1.29 is 0 Å². The van der Waals surface area contributed by atoms with Crippen molar-refractivity contribution in [3.63, 3.8) is 0 Å². The van der Waals surface area contributed by atoms with Gasteiger partial charge >= 0.3 is 0 Å². The highest BCUT2D eigenvalue weighted by molar-refractivity contribution is 5.65. The summed E-state index contributed by atoms with van der Waals surface area (Å²) in [5.41, 5.74) is 7.89. The highest BCUT2D eigenvalue weighted by Crippen LogP contribution is 2.32. The second kappa shape index (κ2) is 4.51. The van der Waals surface area contributed by atoms with Crippen LogP contribution in [0.25, 0.3) is 0 Å². The molecule has 1 fully saturated rings. The number of hydrogen-bond acceptors (Lipinski definition) is 3. The summed E-state index contributed by atoms with van der Waals surface area (Å²) in [4.78, 5) is 6.43. The fraction of sp³-hybridized carbons (Fsp3) is 0.583. The van der Waals surface area contributed by atoms with Crippen LogP contribution in [0.4, 0.5) is 11.4 Å². The van der Waals surface area contributed by atoms with E-state index < -0.39 is 0 Å². The monoisotopic (exact) mass is 205 g/mol. The summed E-state index contributed by atoms with van der Waals surface area (Å²) in [5, 5.41) is 0. The van der Waals surface area contributed by atoms with Crippen LogP contribution in [-0.4, -0.2) is 18.1 Å². The van der Waals surface area contributed by atoms with Gasteiger partial charge in [-0.1, -0.05) is 6.92 Å². The van der Waals surface area contributed by atoms with Gasteiger partial charge in [0.2, 0.25) is 0 Å². The molecule has 2 N–H and O–H groups in total. The molecule has 3 nitrogen and oxygen atoms in total. The number of aromatic nitrogens is 1. The van der Waals surface area contributed by atoms with E-state index in [-0.39, 0.29) is 0 Å². The van der Waals surface area contributed by atoms with E-state index >= 15 is 0 Å². The van der Waals surface area contributed by atoms with Gasteiger partial charge in [0.05, 0.1) is 17.6 Å². The quantitative estimate of drug-likeness (QED) is 0.802. The lowest BCUT2D eigenvalue weighted by atomic mass is 10.2. The molecule has 82 valence electrons. The van der Waals surface area contributed by atoms with Crippen LogP contribution >= 0.6 is 0 Å². The minimum atomic E-state index is 0.798. The Hall–Kier alpha value is -1.25. The predicted octanol–water partition coefficient (Wildman–Crippen LogP) is 2.29. The molecule has 15 heavy (non-hydrogen) atoms. The number of nitrogens with zero attached hydrogens (tertiary/aromatic N) is 2. The molecule has 0 saturated heterocycles. The van der Waals surface area contributed by atoms with Crippen molar-refractivity contribution in [2.24, 2.45) is 5.92 Å². The Kier molecular flexibility index (Phi) is 3.09. The van der Waals surface area contributed by atoms with Crippen molar-refractivity contribution in [3.05, 3.63) is 18.5 Å². The number of nitrogens with two attached hydrogens (primary N) is 1. The van der Waals surface area contributed by atoms with Gasteiger partial charge in [0.1, 0.15) is 0 Å². The van der Waals surface area contributed by atoms with Crippen molar-refractivity contribution >= 4 is 11.4 Å².